The third kappa shape index (κ3) is 68.4. The van der Waals surface area contributed by atoms with Crippen LogP contribution in [0.15, 0.2) is 24.3 Å². The van der Waals surface area contributed by atoms with Crippen molar-refractivity contribution >= 4 is 29.9 Å². The SMILES string of the molecule is CCCCCCCCC(CCCCCC)COC(=O)CCCCCCCCC(CCCCC)OC(=O)OCCN(CCN(CC)CC)C(C)C.CCCCCCCCC(CCCCCC)COC(=O)CCCCCCCCC(CCCCC)OC(=O)Oc1ccc([N+](=O)[O-])cc1.CCN(CC)CCC(CCO)C(C)C. The number of rotatable bonds is 75. The van der Waals surface area contributed by atoms with Gasteiger partial charge in [-0.2, -0.15) is 0 Å². The number of non-ortho nitro benzene ring substituents is 1. The molecule has 5 atom stereocenters. The second kappa shape index (κ2) is 80.1. The number of nitro benzene ring substituents is 1. The second-order valence-corrected chi connectivity index (χ2v) is 32.4. The van der Waals surface area contributed by atoms with E-state index >= 15 is 0 Å². The van der Waals surface area contributed by atoms with E-state index in [0.717, 1.165) is 193 Å². The lowest BCUT2D eigenvalue weighted by atomic mass is 9.89. The van der Waals surface area contributed by atoms with Crippen LogP contribution in [-0.4, -0.2) is 146 Å². The van der Waals surface area contributed by atoms with Gasteiger partial charge in [0.1, 0.15) is 24.6 Å². The average Bonchev–Trinajstić information content (AvgIpc) is 0.886. The summed E-state index contributed by atoms with van der Waals surface area (Å²) in [4.78, 5) is 67.5. The molecule has 0 fully saturated rings. The Morgan fingerprint density at radius 3 is 1.09 bits per heavy atom. The van der Waals surface area contributed by atoms with Crippen LogP contribution in [0, 0.1) is 33.8 Å². The number of hydrogen-bond donors (Lipinski definition) is 1. The van der Waals surface area contributed by atoms with Crippen LogP contribution in [0.5, 0.6) is 5.75 Å². The van der Waals surface area contributed by atoms with Gasteiger partial charge in [-0.3, -0.25) is 24.6 Å². The van der Waals surface area contributed by atoms with Crippen LogP contribution in [0.4, 0.5) is 15.3 Å². The fraction of sp³-hybridized carbons (Fsp3) is 0.892. The number of aliphatic hydroxyl groups excluding tert-OH is 1. The van der Waals surface area contributed by atoms with Crippen molar-refractivity contribution in [2.45, 2.75) is 436 Å². The van der Waals surface area contributed by atoms with Gasteiger partial charge in [0.2, 0.25) is 0 Å². The summed E-state index contributed by atoms with van der Waals surface area (Å²) in [5.74, 6) is 2.57. The summed E-state index contributed by atoms with van der Waals surface area (Å²) in [7, 11) is 0. The van der Waals surface area contributed by atoms with Crippen molar-refractivity contribution in [2.75, 3.05) is 78.8 Å². The van der Waals surface area contributed by atoms with Crippen molar-refractivity contribution in [1.82, 2.24) is 14.7 Å². The minimum atomic E-state index is -0.771. The molecular formula is C93H178N4O13. The summed E-state index contributed by atoms with van der Waals surface area (Å²) in [6.45, 7) is 41.3. The number of likely N-dealkylation sites (N-methyl/N-ethyl adjacent to an activating group) is 1. The van der Waals surface area contributed by atoms with Crippen molar-refractivity contribution in [3.63, 3.8) is 0 Å². The Hall–Kier alpha value is -4.06. The van der Waals surface area contributed by atoms with Gasteiger partial charge >= 0.3 is 24.2 Å². The first-order chi connectivity index (χ1) is 53.3. The number of benzene rings is 1. The van der Waals surface area contributed by atoms with Crippen molar-refractivity contribution < 1.29 is 57.6 Å². The maximum Gasteiger partial charge on any atom is 0.514 e. The van der Waals surface area contributed by atoms with Gasteiger partial charge in [-0.15, -0.1) is 0 Å². The molecule has 1 rings (SSSR count). The Bertz CT molecular complexity index is 2180. The van der Waals surface area contributed by atoms with Gasteiger partial charge in [0, 0.05) is 57.3 Å². The molecule has 0 aromatic heterocycles. The van der Waals surface area contributed by atoms with E-state index in [-0.39, 0.29) is 35.6 Å². The van der Waals surface area contributed by atoms with Crippen LogP contribution >= 0.6 is 0 Å². The van der Waals surface area contributed by atoms with E-state index in [2.05, 4.69) is 112 Å². The second-order valence-electron chi connectivity index (χ2n) is 32.4. The van der Waals surface area contributed by atoms with E-state index in [4.69, 9.17) is 33.5 Å². The highest BCUT2D eigenvalue weighted by Crippen LogP contribution is 2.26. The highest BCUT2D eigenvalue weighted by molar-refractivity contribution is 5.69. The molecule has 0 amide bonds. The third-order valence-electron chi connectivity index (χ3n) is 22.3. The topological polar surface area (TPSA) is 197 Å². The largest absolute Gasteiger partial charge is 0.514 e. The van der Waals surface area contributed by atoms with E-state index in [1.165, 1.54) is 191 Å². The lowest BCUT2D eigenvalue weighted by Crippen LogP contribution is -2.40. The van der Waals surface area contributed by atoms with E-state index in [9.17, 15) is 29.3 Å². The molecule has 0 saturated heterocycles. The molecule has 1 aromatic rings. The van der Waals surface area contributed by atoms with Crippen LogP contribution < -0.4 is 4.74 Å². The minimum absolute atomic E-state index is 0.0120. The number of unbranched alkanes of at least 4 members (excludes halogenated alkanes) is 30. The van der Waals surface area contributed by atoms with Crippen LogP contribution in [0.25, 0.3) is 0 Å². The molecule has 1 N–H and O–H groups in total. The number of nitrogens with zero attached hydrogens (tertiary/aromatic N) is 4. The van der Waals surface area contributed by atoms with Gasteiger partial charge in [-0.05, 0) is 185 Å². The predicted molar refractivity (Wildman–Crippen MR) is 462 cm³/mol. The van der Waals surface area contributed by atoms with Crippen molar-refractivity contribution in [2.24, 2.45) is 23.7 Å². The fourth-order valence-corrected chi connectivity index (χ4v) is 14.4. The molecule has 0 heterocycles. The van der Waals surface area contributed by atoms with Crippen molar-refractivity contribution in [3.05, 3.63) is 34.4 Å². The first-order valence-corrected chi connectivity index (χ1v) is 46.4. The lowest BCUT2D eigenvalue weighted by Gasteiger charge is -2.29. The van der Waals surface area contributed by atoms with E-state index in [1.54, 1.807) is 0 Å². The van der Waals surface area contributed by atoms with Crippen LogP contribution in [0.2, 0.25) is 0 Å². The van der Waals surface area contributed by atoms with Gasteiger partial charge in [0.25, 0.3) is 5.69 Å². The number of nitro groups is 1. The monoisotopic (exact) mass is 1560 g/mol. The van der Waals surface area contributed by atoms with Gasteiger partial charge in [-0.25, -0.2) is 9.59 Å². The highest BCUT2D eigenvalue weighted by Gasteiger charge is 2.21. The maximum atomic E-state index is 12.6. The Morgan fingerprint density at radius 2 is 0.727 bits per heavy atom. The number of esters is 2. The summed E-state index contributed by atoms with van der Waals surface area (Å²) in [6.07, 6.45) is 54.8. The number of aliphatic hydroxyl groups is 1. The van der Waals surface area contributed by atoms with E-state index in [1.807, 2.05) is 0 Å². The third-order valence-corrected chi connectivity index (χ3v) is 22.3. The summed E-state index contributed by atoms with van der Waals surface area (Å²) >= 11 is 0. The molecule has 110 heavy (non-hydrogen) atoms. The normalized spacial score (nSPS) is 12.8. The maximum absolute atomic E-state index is 12.6. The zero-order valence-corrected chi connectivity index (χ0v) is 74.3. The van der Waals surface area contributed by atoms with Crippen LogP contribution in [0.1, 0.15) is 418 Å². The zero-order chi connectivity index (χ0) is 81.7. The number of carbonyl (C=O) groups excluding carboxylic acids is 4. The molecule has 17 nitrogen and oxygen atoms in total. The zero-order valence-electron chi connectivity index (χ0n) is 74.3. The van der Waals surface area contributed by atoms with Crippen LogP contribution in [-0.2, 0) is 33.3 Å². The van der Waals surface area contributed by atoms with E-state index < -0.39 is 17.2 Å². The molecule has 0 bridgehead atoms. The Kier molecular flexibility index (Phi) is 78.7. The first-order valence-electron chi connectivity index (χ1n) is 46.4. The number of carbonyl (C=O) groups is 4. The predicted octanol–water partition coefficient (Wildman–Crippen LogP) is 26.6. The quantitative estimate of drug-likeness (QED) is 0.0161. The molecule has 0 aliphatic carbocycles. The summed E-state index contributed by atoms with van der Waals surface area (Å²) < 4.78 is 33.7. The molecule has 0 aliphatic heterocycles. The molecule has 1 aromatic carbocycles. The average molecular weight is 1560 g/mol. The summed E-state index contributed by atoms with van der Waals surface area (Å²) in [6, 6.07) is 5.80. The first kappa shape index (κ1) is 108. The van der Waals surface area contributed by atoms with Crippen molar-refractivity contribution in [1.29, 1.82) is 0 Å². The molecule has 5 unspecified atom stereocenters. The van der Waals surface area contributed by atoms with Gasteiger partial charge in [0.15, 0.2) is 0 Å². The standard InChI is InChI=1S/C43H86N2O5.C38H65NO7.C12H27NO/c1-8-13-16-18-21-26-30-40(29-25-17-14-9-2)38-49-42(46)33-28-23-20-19-22-27-32-41(31-24-15-10-3)50-43(47)48-37-36-45(39(6)7)35-34-44(11-4)12-5;1-4-7-10-12-15-20-24-33(23-19-11-8-5-2)32-44-37(40)27-22-17-14-13-16-21-26-35(25-18-9-6-3)45-38(41)46-36-30-28-34(29-31-36)39(42)43;1-5-13(6-2)9-7-12(8-10-14)11(3)4/h39-41H,8-38H2,1-7H3;28-31,33,35H,4-27,32H2,1-3H3;11-12,14H,5-10H2,1-4H3. The number of ether oxygens (including phenoxy) is 6. The molecule has 17 heteroatoms. The summed E-state index contributed by atoms with van der Waals surface area (Å²) in [5, 5.41) is 19.8. The van der Waals surface area contributed by atoms with Gasteiger partial charge in [0.05, 0.1) is 18.1 Å². The molecule has 0 spiro atoms. The van der Waals surface area contributed by atoms with Crippen LogP contribution in [0.3, 0.4) is 0 Å². The Balaban J connectivity index is 0. The Labute approximate surface area is 677 Å². The lowest BCUT2D eigenvalue weighted by molar-refractivity contribution is -0.384. The Morgan fingerprint density at radius 1 is 0.391 bits per heavy atom. The fourth-order valence-electron chi connectivity index (χ4n) is 14.4. The summed E-state index contributed by atoms with van der Waals surface area (Å²) in [5.41, 5.74) is -0.0613. The molecule has 0 radical (unpaired) electrons. The molecule has 0 saturated carbocycles. The molecule has 648 valence electrons. The van der Waals surface area contributed by atoms with Crippen molar-refractivity contribution in [3.8, 4) is 5.75 Å². The number of hydrogen-bond acceptors (Lipinski definition) is 16. The molecule has 0 aliphatic rings. The minimum Gasteiger partial charge on any atom is -0.465 e. The van der Waals surface area contributed by atoms with Gasteiger partial charge in [-0.1, -0.05) is 289 Å². The molecular weight excluding hydrogens is 1380 g/mol. The highest BCUT2D eigenvalue weighted by atomic mass is 16.7. The smallest absolute Gasteiger partial charge is 0.465 e. The van der Waals surface area contributed by atoms with Gasteiger partial charge < -0.3 is 43.3 Å². The van der Waals surface area contributed by atoms with E-state index in [0.29, 0.717) is 69.0 Å².